The van der Waals surface area contributed by atoms with Crippen molar-refractivity contribution in [1.82, 2.24) is 10.2 Å². The fourth-order valence-electron chi connectivity index (χ4n) is 3.01. The number of nitrogens with one attached hydrogen (secondary N) is 1. The van der Waals surface area contributed by atoms with Crippen molar-refractivity contribution < 1.29 is 13.5 Å². The molecule has 146 valence electrons. The van der Waals surface area contributed by atoms with Crippen molar-refractivity contribution in [2.75, 3.05) is 11.9 Å². The second kappa shape index (κ2) is 8.56. The van der Waals surface area contributed by atoms with Gasteiger partial charge in [0.15, 0.2) is 0 Å². The normalized spacial score (nSPS) is 11.8. The maximum Gasteiger partial charge on any atom is 0.250 e. The van der Waals surface area contributed by atoms with E-state index in [9.17, 15) is 4.39 Å². The Bertz CT molecular complexity index is 1060. The number of nitrogens with zero attached hydrogens (tertiary/aromatic N) is 2. The average molecular weight is 389 g/mol. The van der Waals surface area contributed by atoms with Crippen molar-refractivity contribution in [2.45, 2.75) is 13.0 Å². The van der Waals surface area contributed by atoms with Crippen LogP contribution in [0.3, 0.4) is 0 Å². The highest BCUT2D eigenvalue weighted by Gasteiger charge is 2.22. The van der Waals surface area contributed by atoms with Gasteiger partial charge in [-0.3, -0.25) is 0 Å². The summed E-state index contributed by atoms with van der Waals surface area (Å²) >= 11 is 0. The summed E-state index contributed by atoms with van der Waals surface area (Å²) in [5.74, 6) is 0.892. The molecule has 0 aliphatic heterocycles. The number of benzene rings is 3. The molecule has 4 aromatic rings. The van der Waals surface area contributed by atoms with Crippen LogP contribution < -0.4 is 10.1 Å². The van der Waals surface area contributed by atoms with E-state index in [1.165, 1.54) is 6.07 Å². The highest BCUT2D eigenvalue weighted by molar-refractivity contribution is 5.54. The predicted molar refractivity (Wildman–Crippen MR) is 109 cm³/mol. The smallest absolute Gasteiger partial charge is 0.250 e. The summed E-state index contributed by atoms with van der Waals surface area (Å²) in [5.41, 5.74) is 2.09. The van der Waals surface area contributed by atoms with Gasteiger partial charge in [-0.2, -0.15) is 0 Å². The summed E-state index contributed by atoms with van der Waals surface area (Å²) < 4.78 is 25.4. The largest absolute Gasteiger partial charge is 0.494 e. The van der Waals surface area contributed by atoms with Crippen LogP contribution in [0.1, 0.15) is 24.4 Å². The molecule has 1 heterocycles. The first-order valence-corrected chi connectivity index (χ1v) is 9.37. The molecule has 1 aromatic heterocycles. The fourth-order valence-corrected chi connectivity index (χ4v) is 3.01. The maximum atomic E-state index is 14.1. The molecule has 5 nitrogen and oxygen atoms in total. The van der Waals surface area contributed by atoms with Crippen LogP contribution in [0.15, 0.2) is 83.3 Å². The highest BCUT2D eigenvalue weighted by Crippen LogP contribution is 2.29. The van der Waals surface area contributed by atoms with Crippen LogP contribution in [0.5, 0.6) is 5.75 Å². The zero-order chi connectivity index (χ0) is 20.1. The zero-order valence-corrected chi connectivity index (χ0v) is 15.9. The van der Waals surface area contributed by atoms with E-state index in [1.807, 2.05) is 61.5 Å². The number of anilines is 1. The predicted octanol–water partition coefficient (Wildman–Crippen LogP) is 5.48. The molecule has 0 aliphatic carbocycles. The van der Waals surface area contributed by atoms with E-state index < -0.39 is 5.82 Å². The van der Waals surface area contributed by atoms with Gasteiger partial charge in [0.2, 0.25) is 5.89 Å². The van der Waals surface area contributed by atoms with E-state index in [0.717, 1.165) is 17.0 Å². The van der Waals surface area contributed by atoms with Gasteiger partial charge in [0.25, 0.3) is 5.89 Å². The molecular formula is C23H20FN3O2. The van der Waals surface area contributed by atoms with Gasteiger partial charge >= 0.3 is 0 Å². The topological polar surface area (TPSA) is 60.2 Å². The van der Waals surface area contributed by atoms with E-state index in [-0.39, 0.29) is 17.5 Å². The molecule has 3 aromatic carbocycles. The maximum absolute atomic E-state index is 14.1. The average Bonchev–Trinajstić information content (AvgIpc) is 3.24. The Kier molecular flexibility index (Phi) is 5.52. The summed E-state index contributed by atoms with van der Waals surface area (Å²) in [7, 11) is 0. The molecule has 0 saturated heterocycles. The van der Waals surface area contributed by atoms with E-state index in [1.54, 1.807) is 18.2 Å². The third-order valence-electron chi connectivity index (χ3n) is 4.40. The molecule has 6 heteroatoms. The fraction of sp³-hybridized carbons (Fsp3) is 0.130. The van der Waals surface area contributed by atoms with Crippen LogP contribution in [0.2, 0.25) is 0 Å². The van der Waals surface area contributed by atoms with Gasteiger partial charge in [-0.1, -0.05) is 42.5 Å². The number of ether oxygens (including phenoxy) is 1. The molecule has 0 aliphatic rings. The lowest BCUT2D eigenvalue weighted by Crippen LogP contribution is -2.12. The molecule has 0 spiro atoms. The Labute approximate surface area is 168 Å². The van der Waals surface area contributed by atoms with Crippen molar-refractivity contribution >= 4 is 5.69 Å². The van der Waals surface area contributed by atoms with Crippen molar-refractivity contribution in [3.63, 3.8) is 0 Å². The third-order valence-corrected chi connectivity index (χ3v) is 4.40. The molecule has 1 atom stereocenters. The number of rotatable bonds is 7. The van der Waals surface area contributed by atoms with E-state index in [2.05, 4.69) is 15.5 Å². The van der Waals surface area contributed by atoms with Gasteiger partial charge in [-0.15, -0.1) is 10.2 Å². The molecule has 0 bridgehead atoms. The number of halogens is 1. The van der Waals surface area contributed by atoms with Crippen LogP contribution in [0.4, 0.5) is 10.1 Å². The van der Waals surface area contributed by atoms with Crippen molar-refractivity contribution in [3.05, 3.63) is 96.1 Å². The second-order valence-electron chi connectivity index (χ2n) is 6.37. The lowest BCUT2D eigenvalue weighted by Gasteiger charge is -2.17. The van der Waals surface area contributed by atoms with Crippen molar-refractivity contribution in [2.24, 2.45) is 0 Å². The van der Waals surface area contributed by atoms with Crippen molar-refractivity contribution in [1.29, 1.82) is 0 Å². The second-order valence-corrected chi connectivity index (χ2v) is 6.37. The van der Waals surface area contributed by atoms with Gasteiger partial charge < -0.3 is 14.5 Å². The summed E-state index contributed by atoms with van der Waals surface area (Å²) in [6.45, 7) is 2.56. The Balaban J connectivity index is 1.66. The molecule has 1 N–H and O–H groups in total. The van der Waals surface area contributed by atoms with Crippen LogP contribution >= 0.6 is 0 Å². The molecule has 0 amide bonds. The quantitative estimate of drug-likeness (QED) is 0.454. The molecule has 0 radical (unpaired) electrons. The number of hydrogen-bond acceptors (Lipinski definition) is 5. The van der Waals surface area contributed by atoms with Gasteiger partial charge in [-0.05, 0) is 48.9 Å². The molecule has 0 unspecified atom stereocenters. The summed E-state index contributed by atoms with van der Waals surface area (Å²) in [4.78, 5) is 0. The summed E-state index contributed by atoms with van der Waals surface area (Å²) in [5, 5.41) is 11.7. The lowest BCUT2D eigenvalue weighted by atomic mass is 10.1. The van der Waals surface area contributed by atoms with Gasteiger partial charge in [-0.25, -0.2) is 4.39 Å². The third kappa shape index (κ3) is 4.27. The Hall–Kier alpha value is -3.67. The van der Waals surface area contributed by atoms with E-state index >= 15 is 0 Å². The molecule has 29 heavy (non-hydrogen) atoms. The first kappa shape index (κ1) is 18.7. The first-order valence-electron chi connectivity index (χ1n) is 9.37. The molecule has 4 rings (SSSR count). The van der Waals surface area contributed by atoms with Gasteiger partial charge in [0.1, 0.15) is 17.6 Å². The van der Waals surface area contributed by atoms with E-state index in [0.29, 0.717) is 12.5 Å². The molecular weight excluding hydrogens is 369 g/mol. The minimum Gasteiger partial charge on any atom is -0.494 e. The van der Waals surface area contributed by atoms with E-state index in [4.69, 9.17) is 9.15 Å². The number of aromatic nitrogens is 2. The van der Waals surface area contributed by atoms with Crippen LogP contribution in [-0.4, -0.2) is 16.8 Å². The minimum absolute atomic E-state index is 0.146. The lowest BCUT2D eigenvalue weighted by molar-refractivity contribution is 0.340. The monoisotopic (exact) mass is 389 g/mol. The Morgan fingerprint density at radius 2 is 1.66 bits per heavy atom. The van der Waals surface area contributed by atoms with Gasteiger partial charge in [0.05, 0.1) is 12.2 Å². The highest BCUT2D eigenvalue weighted by atomic mass is 19.1. The number of hydrogen-bond donors (Lipinski definition) is 1. The zero-order valence-electron chi connectivity index (χ0n) is 15.9. The Morgan fingerprint density at radius 3 is 2.38 bits per heavy atom. The Morgan fingerprint density at radius 1 is 0.931 bits per heavy atom. The van der Waals surface area contributed by atoms with Gasteiger partial charge in [0, 0.05) is 5.69 Å². The van der Waals surface area contributed by atoms with Crippen molar-refractivity contribution in [3.8, 4) is 17.2 Å². The van der Waals surface area contributed by atoms with Crippen LogP contribution in [0, 0.1) is 5.82 Å². The summed E-state index contributed by atoms with van der Waals surface area (Å²) in [6, 6.07) is 23.4. The SMILES string of the molecule is CCOc1ccc(N[C@@H](c2ccccc2)c2nnc(-c3ccccc3F)o2)cc1. The van der Waals surface area contributed by atoms with Crippen LogP contribution in [-0.2, 0) is 0 Å². The minimum atomic E-state index is -0.404. The first-order chi connectivity index (χ1) is 14.2. The molecule has 0 fully saturated rings. The van der Waals surface area contributed by atoms with Crippen LogP contribution in [0.25, 0.3) is 11.5 Å². The molecule has 0 saturated carbocycles. The summed E-state index contributed by atoms with van der Waals surface area (Å²) in [6.07, 6.45) is 0. The standard InChI is InChI=1S/C23H20FN3O2/c1-2-28-18-14-12-17(13-15-18)25-21(16-8-4-3-5-9-16)23-27-26-22(29-23)19-10-6-7-11-20(19)24/h3-15,21,25H,2H2,1H3/t21-/m0/s1.